The van der Waals surface area contributed by atoms with Gasteiger partial charge in [-0.3, -0.25) is 0 Å². The molecule has 2 aromatic rings. The Morgan fingerprint density at radius 2 is 1.76 bits per heavy atom. The van der Waals surface area contributed by atoms with Gasteiger partial charge in [0.05, 0.1) is 11.7 Å². The van der Waals surface area contributed by atoms with Crippen molar-refractivity contribution in [2.75, 3.05) is 23.3 Å². The lowest BCUT2D eigenvalue weighted by molar-refractivity contribution is 0.559. The van der Waals surface area contributed by atoms with Crippen LogP contribution in [0.15, 0.2) is 42.5 Å². The Kier molecular flexibility index (Phi) is 4.24. The molecule has 1 atom stereocenters. The molecule has 2 heterocycles. The van der Waals surface area contributed by atoms with E-state index in [0.29, 0.717) is 6.04 Å². The maximum absolute atomic E-state index is 6.32. The van der Waals surface area contributed by atoms with Crippen LogP contribution in [0.1, 0.15) is 30.0 Å². The summed E-state index contributed by atoms with van der Waals surface area (Å²) in [4.78, 5) is 2.54. The summed E-state index contributed by atoms with van der Waals surface area (Å²) in [5.74, 6) is 1.03. The number of nitrogens with one attached hydrogen (secondary N) is 1. The largest absolute Gasteiger partial charge is 0.543 e. The van der Waals surface area contributed by atoms with E-state index in [1.54, 1.807) is 0 Å². The first-order valence-electron chi connectivity index (χ1n) is 9.42. The SMILES string of the molecule is C[Si](C)(C)Oc1cccc2c1NC(c1ccccc1N1CCCC1)C2. The average Bonchev–Trinajstić information content (AvgIpc) is 3.23. The van der Waals surface area contributed by atoms with Gasteiger partial charge in [-0.05, 0) is 62.2 Å². The lowest BCUT2D eigenvalue weighted by Crippen LogP contribution is -2.29. The molecule has 1 saturated heterocycles. The first kappa shape index (κ1) is 16.5. The van der Waals surface area contributed by atoms with E-state index in [1.165, 1.54) is 48.4 Å². The van der Waals surface area contributed by atoms with Gasteiger partial charge in [-0.2, -0.15) is 0 Å². The topological polar surface area (TPSA) is 24.5 Å². The van der Waals surface area contributed by atoms with Crippen LogP contribution in [0.5, 0.6) is 5.75 Å². The summed E-state index contributed by atoms with van der Waals surface area (Å²) >= 11 is 0. The quantitative estimate of drug-likeness (QED) is 0.765. The maximum atomic E-state index is 6.32. The first-order valence-corrected chi connectivity index (χ1v) is 12.8. The van der Waals surface area contributed by atoms with Gasteiger partial charge in [-0.15, -0.1) is 0 Å². The third-order valence-corrected chi connectivity index (χ3v) is 5.86. The molecule has 1 fully saturated rings. The Morgan fingerprint density at radius 3 is 2.52 bits per heavy atom. The van der Waals surface area contributed by atoms with Crippen molar-refractivity contribution in [1.29, 1.82) is 0 Å². The summed E-state index contributed by atoms with van der Waals surface area (Å²) in [5, 5.41) is 3.78. The molecule has 0 aromatic heterocycles. The Labute approximate surface area is 152 Å². The summed E-state index contributed by atoms with van der Waals surface area (Å²) in [7, 11) is -1.62. The van der Waals surface area contributed by atoms with Crippen molar-refractivity contribution < 1.29 is 4.43 Å². The fourth-order valence-electron chi connectivity index (χ4n) is 3.99. The van der Waals surface area contributed by atoms with E-state index in [-0.39, 0.29) is 0 Å². The number of para-hydroxylation sites is 2. The van der Waals surface area contributed by atoms with Crippen molar-refractivity contribution in [2.45, 2.75) is 44.9 Å². The van der Waals surface area contributed by atoms with Crippen LogP contribution in [0.2, 0.25) is 19.6 Å². The van der Waals surface area contributed by atoms with Gasteiger partial charge in [0.2, 0.25) is 8.32 Å². The third-order valence-electron chi connectivity index (χ3n) is 5.03. The molecule has 0 saturated carbocycles. The second-order valence-electron chi connectivity index (χ2n) is 8.16. The average molecular weight is 353 g/mol. The summed E-state index contributed by atoms with van der Waals surface area (Å²) in [6, 6.07) is 15.7. The minimum Gasteiger partial charge on any atom is -0.543 e. The summed E-state index contributed by atoms with van der Waals surface area (Å²) in [6.45, 7) is 9.08. The second kappa shape index (κ2) is 6.41. The molecule has 132 valence electrons. The Hall–Kier alpha value is -1.94. The van der Waals surface area contributed by atoms with Crippen LogP contribution in [0.3, 0.4) is 0 Å². The molecule has 0 aliphatic carbocycles. The zero-order chi connectivity index (χ0) is 17.4. The van der Waals surface area contributed by atoms with Crippen LogP contribution in [0.25, 0.3) is 0 Å². The van der Waals surface area contributed by atoms with E-state index in [4.69, 9.17) is 4.43 Å². The van der Waals surface area contributed by atoms with Crippen molar-refractivity contribution in [3.63, 3.8) is 0 Å². The smallest absolute Gasteiger partial charge is 0.242 e. The van der Waals surface area contributed by atoms with Crippen LogP contribution in [0.4, 0.5) is 11.4 Å². The number of benzene rings is 2. The van der Waals surface area contributed by atoms with Crippen LogP contribution in [-0.4, -0.2) is 21.4 Å². The predicted molar refractivity (Wildman–Crippen MR) is 108 cm³/mol. The van der Waals surface area contributed by atoms with Crippen LogP contribution in [0, 0.1) is 0 Å². The molecule has 2 aliphatic rings. The molecular formula is C21H28N2OSi. The maximum Gasteiger partial charge on any atom is 0.242 e. The lowest BCUT2D eigenvalue weighted by atomic mass is 10.0. The third kappa shape index (κ3) is 3.40. The molecule has 1 N–H and O–H groups in total. The molecule has 1 unspecified atom stereocenters. The van der Waals surface area contributed by atoms with E-state index in [9.17, 15) is 0 Å². The molecular weight excluding hydrogens is 324 g/mol. The van der Waals surface area contributed by atoms with Gasteiger partial charge in [0, 0.05) is 18.8 Å². The van der Waals surface area contributed by atoms with Crippen molar-refractivity contribution in [3.8, 4) is 5.75 Å². The number of hydrogen-bond donors (Lipinski definition) is 1. The van der Waals surface area contributed by atoms with Crippen LogP contribution < -0.4 is 14.6 Å². The fourth-order valence-corrected chi connectivity index (χ4v) is 4.82. The molecule has 4 heteroatoms. The van der Waals surface area contributed by atoms with E-state index >= 15 is 0 Å². The number of hydrogen-bond acceptors (Lipinski definition) is 3. The van der Waals surface area contributed by atoms with E-state index < -0.39 is 8.32 Å². The Bertz CT molecular complexity index is 763. The molecule has 3 nitrogen and oxygen atoms in total. The highest BCUT2D eigenvalue weighted by molar-refractivity contribution is 6.70. The van der Waals surface area contributed by atoms with Crippen molar-refractivity contribution in [2.24, 2.45) is 0 Å². The number of fused-ring (bicyclic) bond motifs is 1. The van der Waals surface area contributed by atoms with Crippen molar-refractivity contribution >= 4 is 19.7 Å². The number of nitrogens with zero attached hydrogens (tertiary/aromatic N) is 1. The van der Waals surface area contributed by atoms with Gasteiger partial charge < -0.3 is 14.6 Å². The van der Waals surface area contributed by atoms with Crippen molar-refractivity contribution in [1.82, 2.24) is 0 Å². The zero-order valence-electron chi connectivity index (χ0n) is 15.5. The molecule has 25 heavy (non-hydrogen) atoms. The number of anilines is 2. The van der Waals surface area contributed by atoms with Crippen LogP contribution >= 0.6 is 0 Å². The summed E-state index contributed by atoms with van der Waals surface area (Å²) < 4.78 is 6.32. The standard InChI is InChI=1S/C21H28N2OSi/c1-25(2,3)24-20-12-8-9-16-15-18(22-21(16)20)17-10-4-5-11-19(17)23-13-6-7-14-23/h4-5,8-12,18,22H,6-7,13-15H2,1-3H3. The minimum absolute atomic E-state index is 0.332. The molecule has 2 aliphatic heterocycles. The molecule has 0 radical (unpaired) electrons. The van der Waals surface area contributed by atoms with Gasteiger partial charge in [0.1, 0.15) is 5.75 Å². The Balaban J connectivity index is 1.63. The van der Waals surface area contributed by atoms with E-state index in [1.807, 2.05) is 0 Å². The van der Waals surface area contributed by atoms with Gasteiger partial charge in [0.25, 0.3) is 0 Å². The Morgan fingerprint density at radius 1 is 1.00 bits per heavy atom. The zero-order valence-corrected chi connectivity index (χ0v) is 16.5. The van der Waals surface area contributed by atoms with Gasteiger partial charge in [-0.25, -0.2) is 0 Å². The predicted octanol–water partition coefficient (Wildman–Crippen LogP) is 5.21. The highest BCUT2D eigenvalue weighted by Gasteiger charge is 2.29. The number of rotatable bonds is 4. The van der Waals surface area contributed by atoms with E-state index in [0.717, 1.165) is 12.2 Å². The molecule has 0 spiro atoms. The second-order valence-corrected chi connectivity index (χ2v) is 12.6. The monoisotopic (exact) mass is 352 g/mol. The summed E-state index contributed by atoms with van der Waals surface area (Å²) in [6.07, 6.45) is 3.64. The van der Waals surface area contributed by atoms with Gasteiger partial charge in [-0.1, -0.05) is 30.3 Å². The van der Waals surface area contributed by atoms with Crippen LogP contribution in [-0.2, 0) is 6.42 Å². The van der Waals surface area contributed by atoms with E-state index in [2.05, 4.69) is 72.3 Å². The lowest BCUT2D eigenvalue weighted by Gasteiger charge is -2.25. The highest BCUT2D eigenvalue weighted by atomic mass is 28.4. The highest BCUT2D eigenvalue weighted by Crippen LogP contribution is 2.43. The first-order chi connectivity index (χ1) is 12.0. The fraction of sp³-hybridized carbons (Fsp3) is 0.429. The molecule has 0 amide bonds. The summed E-state index contributed by atoms with van der Waals surface area (Å²) in [5.41, 5.74) is 5.39. The van der Waals surface area contributed by atoms with Gasteiger partial charge in [0.15, 0.2) is 0 Å². The normalized spacial score (nSPS) is 19.6. The van der Waals surface area contributed by atoms with Gasteiger partial charge >= 0.3 is 0 Å². The molecule has 2 aromatic carbocycles. The van der Waals surface area contributed by atoms with Crippen molar-refractivity contribution in [3.05, 3.63) is 53.6 Å². The minimum atomic E-state index is -1.62. The molecule has 4 rings (SSSR count). The molecule has 0 bridgehead atoms.